The van der Waals surface area contributed by atoms with E-state index in [1.165, 1.54) is 6.20 Å². The average Bonchev–Trinajstić information content (AvgIpc) is 2.51. The van der Waals surface area contributed by atoms with Crippen LogP contribution in [0.25, 0.3) is 10.9 Å². The van der Waals surface area contributed by atoms with Gasteiger partial charge in [-0.15, -0.1) is 0 Å². The smallest absolute Gasteiger partial charge is 0.156 e. The lowest BCUT2D eigenvalue weighted by Gasteiger charge is -2.12. The molecule has 0 fully saturated rings. The van der Waals surface area contributed by atoms with Gasteiger partial charge >= 0.3 is 0 Å². The number of nitrogen functional groups attached to an aromatic ring is 1. The van der Waals surface area contributed by atoms with E-state index in [0.717, 1.165) is 15.4 Å². The number of aromatic nitrogens is 1. The highest BCUT2D eigenvalue weighted by Crippen LogP contribution is 2.36. The highest BCUT2D eigenvalue weighted by Gasteiger charge is 2.12. The predicted molar refractivity (Wildman–Crippen MR) is 85.1 cm³/mol. The number of hydrogen-bond donors (Lipinski definition) is 1. The lowest BCUT2D eigenvalue weighted by Crippen LogP contribution is -1.94. The van der Waals surface area contributed by atoms with Gasteiger partial charge < -0.3 is 10.5 Å². The molecular formula is C16H10BrN3O. The van der Waals surface area contributed by atoms with E-state index in [2.05, 4.69) is 27.0 Å². The Balaban J connectivity index is 2.19. The molecule has 0 saturated carbocycles. The van der Waals surface area contributed by atoms with Crippen LogP contribution in [0.1, 0.15) is 5.56 Å². The summed E-state index contributed by atoms with van der Waals surface area (Å²) in [4.78, 5) is 4.26. The highest BCUT2D eigenvalue weighted by molar-refractivity contribution is 9.10. The Hall–Kier alpha value is -2.58. The van der Waals surface area contributed by atoms with Crippen molar-refractivity contribution in [1.82, 2.24) is 4.98 Å². The van der Waals surface area contributed by atoms with E-state index in [9.17, 15) is 5.26 Å². The minimum absolute atomic E-state index is 0.378. The first-order chi connectivity index (χ1) is 10.2. The standard InChI is InChI=1S/C16H10BrN3O/c17-13-6-5-11(19)7-15(13)21-16-10(8-18)9-20-14-4-2-1-3-12(14)16/h1-7,9H,19H2. The van der Waals surface area contributed by atoms with Crippen molar-refractivity contribution in [2.45, 2.75) is 0 Å². The highest BCUT2D eigenvalue weighted by atomic mass is 79.9. The quantitative estimate of drug-likeness (QED) is 0.708. The van der Waals surface area contributed by atoms with E-state index in [4.69, 9.17) is 10.5 Å². The van der Waals surface area contributed by atoms with Gasteiger partial charge in [0.15, 0.2) is 5.75 Å². The number of pyridine rings is 1. The number of rotatable bonds is 2. The Kier molecular flexibility index (Phi) is 3.46. The second-order valence-electron chi connectivity index (χ2n) is 4.42. The van der Waals surface area contributed by atoms with Crippen molar-refractivity contribution in [2.24, 2.45) is 0 Å². The van der Waals surface area contributed by atoms with E-state index in [1.54, 1.807) is 18.2 Å². The molecule has 3 aromatic rings. The van der Waals surface area contributed by atoms with E-state index in [-0.39, 0.29) is 0 Å². The maximum atomic E-state index is 9.27. The Morgan fingerprint density at radius 3 is 2.81 bits per heavy atom. The van der Waals surface area contributed by atoms with Crippen molar-refractivity contribution in [3.63, 3.8) is 0 Å². The van der Waals surface area contributed by atoms with Crippen LogP contribution in [-0.2, 0) is 0 Å². The molecule has 2 aromatic carbocycles. The number of nitrogens with two attached hydrogens (primary N) is 1. The molecule has 0 bridgehead atoms. The van der Waals surface area contributed by atoms with Gasteiger partial charge in [0.05, 0.1) is 9.99 Å². The van der Waals surface area contributed by atoms with Crippen molar-refractivity contribution < 1.29 is 4.74 Å². The molecule has 1 heterocycles. The molecule has 1 aromatic heterocycles. The van der Waals surface area contributed by atoms with E-state index in [1.807, 2.05) is 24.3 Å². The minimum Gasteiger partial charge on any atom is -0.454 e. The molecule has 4 nitrogen and oxygen atoms in total. The van der Waals surface area contributed by atoms with Gasteiger partial charge in [-0.3, -0.25) is 4.98 Å². The number of hydrogen-bond acceptors (Lipinski definition) is 4. The summed E-state index contributed by atoms with van der Waals surface area (Å²) in [7, 11) is 0. The molecular weight excluding hydrogens is 330 g/mol. The number of benzene rings is 2. The van der Waals surface area contributed by atoms with Crippen molar-refractivity contribution in [1.29, 1.82) is 5.26 Å². The number of nitriles is 1. The molecule has 3 rings (SSSR count). The fourth-order valence-electron chi connectivity index (χ4n) is 2.01. The number of ether oxygens (including phenoxy) is 1. The molecule has 0 amide bonds. The maximum Gasteiger partial charge on any atom is 0.156 e. The second kappa shape index (κ2) is 5.43. The average molecular weight is 340 g/mol. The number of fused-ring (bicyclic) bond motifs is 1. The van der Waals surface area contributed by atoms with Gasteiger partial charge in [0, 0.05) is 23.3 Å². The molecule has 2 N–H and O–H groups in total. The van der Waals surface area contributed by atoms with Crippen LogP contribution in [0, 0.1) is 11.3 Å². The van der Waals surface area contributed by atoms with Gasteiger partial charge in [-0.2, -0.15) is 5.26 Å². The number of para-hydroxylation sites is 1. The zero-order valence-electron chi connectivity index (χ0n) is 10.9. The molecule has 21 heavy (non-hydrogen) atoms. The predicted octanol–water partition coefficient (Wildman–Crippen LogP) is 4.24. The fourth-order valence-corrected chi connectivity index (χ4v) is 2.34. The second-order valence-corrected chi connectivity index (χ2v) is 5.28. The molecule has 0 radical (unpaired) electrons. The molecule has 5 heteroatoms. The molecule has 0 aliphatic heterocycles. The maximum absolute atomic E-state index is 9.27. The summed E-state index contributed by atoms with van der Waals surface area (Å²) in [5.74, 6) is 1.04. The van der Waals surface area contributed by atoms with Gasteiger partial charge in [0.2, 0.25) is 0 Å². The molecule has 102 valence electrons. The summed E-state index contributed by atoms with van der Waals surface area (Å²) in [5, 5.41) is 10.1. The molecule has 0 aliphatic carbocycles. The van der Waals surface area contributed by atoms with Crippen molar-refractivity contribution in [3.8, 4) is 17.6 Å². The zero-order chi connectivity index (χ0) is 14.8. The number of halogens is 1. The summed E-state index contributed by atoms with van der Waals surface area (Å²) in [5.41, 5.74) is 7.52. The normalized spacial score (nSPS) is 10.3. The third-order valence-electron chi connectivity index (χ3n) is 3.01. The third-order valence-corrected chi connectivity index (χ3v) is 3.67. The summed E-state index contributed by atoms with van der Waals surface area (Å²) in [6.07, 6.45) is 1.51. The van der Waals surface area contributed by atoms with E-state index < -0.39 is 0 Å². The fraction of sp³-hybridized carbons (Fsp3) is 0. The van der Waals surface area contributed by atoms with Crippen LogP contribution in [0.4, 0.5) is 5.69 Å². The largest absolute Gasteiger partial charge is 0.454 e. The van der Waals surface area contributed by atoms with Crippen LogP contribution in [0.5, 0.6) is 11.5 Å². The number of anilines is 1. The van der Waals surface area contributed by atoms with Gasteiger partial charge in [0.25, 0.3) is 0 Å². The van der Waals surface area contributed by atoms with Crippen molar-refractivity contribution in [3.05, 3.63) is 58.7 Å². The monoisotopic (exact) mass is 339 g/mol. The van der Waals surface area contributed by atoms with Gasteiger partial charge in [-0.1, -0.05) is 12.1 Å². The Bertz CT molecular complexity index is 871. The summed E-state index contributed by atoms with van der Waals surface area (Å²) in [6, 6.07) is 14.9. The van der Waals surface area contributed by atoms with Crippen LogP contribution < -0.4 is 10.5 Å². The first kappa shape index (κ1) is 13.4. The third kappa shape index (κ3) is 2.54. The van der Waals surface area contributed by atoms with Crippen molar-refractivity contribution in [2.75, 3.05) is 5.73 Å². The van der Waals surface area contributed by atoms with Gasteiger partial charge in [-0.05, 0) is 40.2 Å². The van der Waals surface area contributed by atoms with Gasteiger partial charge in [-0.25, -0.2) is 0 Å². The van der Waals surface area contributed by atoms with Crippen LogP contribution in [0.3, 0.4) is 0 Å². The minimum atomic E-state index is 0.378. The Labute approximate surface area is 129 Å². The summed E-state index contributed by atoms with van der Waals surface area (Å²) < 4.78 is 6.70. The van der Waals surface area contributed by atoms with Crippen LogP contribution >= 0.6 is 15.9 Å². The molecule has 0 atom stereocenters. The van der Waals surface area contributed by atoms with Gasteiger partial charge in [0.1, 0.15) is 17.4 Å². The zero-order valence-corrected chi connectivity index (χ0v) is 12.5. The van der Waals surface area contributed by atoms with Crippen LogP contribution in [-0.4, -0.2) is 4.98 Å². The lowest BCUT2D eigenvalue weighted by molar-refractivity contribution is 0.483. The van der Waals surface area contributed by atoms with E-state index >= 15 is 0 Å². The van der Waals surface area contributed by atoms with Crippen LogP contribution in [0.15, 0.2) is 53.1 Å². The van der Waals surface area contributed by atoms with Crippen LogP contribution in [0.2, 0.25) is 0 Å². The first-order valence-electron chi connectivity index (χ1n) is 6.20. The number of nitrogens with zero attached hydrogens (tertiary/aromatic N) is 2. The Morgan fingerprint density at radius 1 is 1.19 bits per heavy atom. The van der Waals surface area contributed by atoms with Crippen molar-refractivity contribution >= 4 is 32.5 Å². The summed E-state index contributed by atoms with van der Waals surface area (Å²) >= 11 is 3.42. The SMILES string of the molecule is N#Cc1cnc2ccccc2c1Oc1cc(N)ccc1Br. The molecule has 0 unspecified atom stereocenters. The summed E-state index contributed by atoms with van der Waals surface area (Å²) in [6.45, 7) is 0. The lowest BCUT2D eigenvalue weighted by atomic mass is 10.1. The Morgan fingerprint density at radius 2 is 2.00 bits per heavy atom. The topological polar surface area (TPSA) is 71.9 Å². The van der Waals surface area contributed by atoms with E-state index in [0.29, 0.717) is 22.7 Å². The molecule has 0 saturated heterocycles. The first-order valence-corrected chi connectivity index (χ1v) is 6.99. The molecule has 0 spiro atoms. The molecule has 0 aliphatic rings.